The molecule has 12 heavy (non-hydrogen) atoms. The highest BCUT2D eigenvalue weighted by molar-refractivity contribution is 6.22. The standard InChI is InChI=1S/C5H4N7/c6-3-2-4(9-1-8-3)11-5(10-2)12-7/h1-2H,(H2,6,8,9,10,11)/q+1. The van der Waals surface area contributed by atoms with Gasteiger partial charge in [0, 0.05) is 0 Å². The molecule has 2 rings (SSSR count). The van der Waals surface area contributed by atoms with Crippen LogP contribution in [0.2, 0.25) is 0 Å². The minimum Gasteiger partial charge on any atom is -0.384 e. The number of amidine groups is 2. The van der Waals surface area contributed by atoms with Crippen LogP contribution in [0.25, 0.3) is 4.98 Å². The third-order valence-corrected chi connectivity index (χ3v) is 1.47. The lowest BCUT2D eigenvalue weighted by Crippen LogP contribution is -2.34. The summed E-state index contributed by atoms with van der Waals surface area (Å²) in [5.74, 6) is 0.699. The number of guanidine groups is 1. The van der Waals surface area contributed by atoms with Crippen molar-refractivity contribution in [1.29, 1.82) is 5.39 Å². The summed E-state index contributed by atoms with van der Waals surface area (Å²) in [6.45, 7) is 0. The van der Waals surface area contributed by atoms with Crippen LogP contribution in [0.3, 0.4) is 0 Å². The van der Waals surface area contributed by atoms with Crippen LogP contribution in [0.1, 0.15) is 0 Å². The normalized spacial score (nSPS) is 25.2. The molecule has 0 amide bonds. The molecular formula is C5H4N7+. The second-order valence-corrected chi connectivity index (χ2v) is 2.20. The van der Waals surface area contributed by atoms with Crippen LogP contribution in [0.5, 0.6) is 0 Å². The fourth-order valence-corrected chi connectivity index (χ4v) is 0.937. The molecule has 0 fully saturated rings. The van der Waals surface area contributed by atoms with Crippen molar-refractivity contribution >= 4 is 24.0 Å². The number of rotatable bonds is 0. The fraction of sp³-hybridized carbons (Fsp3) is 0.200. The highest BCUT2D eigenvalue weighted by Gasteiger charge is 2.37. The van der Waals surface area contributed by atoms with E-state index in [1.807, 2.05) is 0 Å². The van der Waals surface area contributed by atoms with E-state index in [2.05, 4.69) is 24.9 Å². The largest absolute Gasteiger partial charge is 0.559 e. The Morgan fingerprint density at radius 3 is 3.08 bits per heavy atom. The van der Waals surface area contributed by atoms with Gasteiger partial charge in [-0.1, -0.05) is 4.99 Å². The van der Waals surface area contributed by atoms with Crippen molar-refractivity contribution < 1.29 is 0 Å². The summed E-state index contributed by atoms with van der Waals surface area (Å²) in [4.78, 5) is 18.0. The van der Waals surface area contributed by atoms with E-state index in [0.29, 0.717) is 11.7 Å². The maximum Gasteiger partial charge on any atom is 0.559 e. The van der Waals surface area contributed by atoms with Gasteiger partial charge in [0.15, 0.2) is 5.84 Å². The average molecular weight is 162 g/mol. The topological polar surface area (TPSA) is 104 Å². The van der Waals surface area contributed by atoms with Crippen LogP contribution in [0, 0.1) is 5.39 Å². The number of hydrogen-bond acceptors (Lipinski definition) is 6. The lowest BCUT2D eigenvalue weighted by Gasteiger charge is -2.02. The van der Waals surface area contributed by atoms with Gasteiger partial charge in [-0.3, -0.25) is 0 Å². The van der Waals surface area contributed by atoms with Crippen LogP contribution < -0.4 is 5.73 Å². The quantitative estimate of drug-likeness (QED) is 0.479. The predicted molar refractivity (Wildman–Crippen MR) is 43.9 cm³/mol. The number of nitrogens with zero attached hydrogens (tertiary/aromatic N) is 6. The van der Waals surface area contributed by atoms with E-state index in [4.69, 9.17) is 11.1 Å². The van der Waals surface area contributed by atoms with E-state index in [0.717, 1.165) is 0 Å². The van der Waals surface area contributed by atoms with Crippen LogP contribution in [0.15, 0.2) is 20.0 Å². The van der Waals surface area contributed by atoms with Crippen molar-refractivity contribution in [3.63, 3.8) is 0 Å². The van der Waals surface area contributed by atoms with Gasteiger partial charge in [0.1, 0.15) is 6.34 Å². The number of aliphatic imine (C=N–C) groups is 4. The van der Waals surface area contributed by atoms with Gasteiger partial charge in [-0.2, -0.15) is 0 Å². The zero-order valence-electron chi connectivity index (χ0n) is 5.92. The summed E-state index contributed by atoms with van der Waals surface area (Å²) in [7, 11) is 0. The molecule has 0 radical (unpaired) electrons. The van der Waals surface area contributed by atoms with E-state index in [9.17, 15) is 0 Å². The molecule has 2 heterocycles. The lowest BCUT2D eigenvalue weighted by molar-refractivity contribution is 1.11. The van der Waals surface area contributed by atoms with Crippen LogP contribution in [-0.4, -0.2) is 30.0 Å². The molecule has 1 unspecified atom stereocenters. The van der Waals surface area contributed by atoms with Gasteiger partial charge in [-0.05, 0) is 9.97 Å². The first-order valence-electron chi connectivity index (χ1n) is 3.18. The zero-order chi connectivity index (χ0) is 8.55. The lowest BCUT2D eigenvalue weighted by atomic mass is 10.2. The Morgan fingerprint density at radius 1 is 1.58 bits per heavy atom. The van der Waals surface area contributed by atoms with Gasteiger partial charge in [0.05, 0.1) is 5.39 Å². The second kappa shape index (κ2) is 2.20. The van der Waals surface area contributed by atoms with E-state index >= 15 is 0 Å². The third-order valence-electron chi connectivity index (χ3n) is 1.47. The number of hydrogen-bond donors (Lipinski definition) is 1. The van der Waals surface area contributed by atoms with E-state index in [-0.39, 0.29) is 5.96 Å². The van der Waals surface area contributed by atoms with Crippen LogP contribution >= 0.6 is 0 Å². The van der Waals surface area contributed by atoms with Gasteiger partial charge < -0.3 is 5.73 Å². The Morgan fingerprint density at radius 2 is 2.42 bits per heavy atom. The monoisotopic (exact) mass is 162 g/mol. The van der Waals surface area contributed by atoms with Crippen molar-refractivity contribution in [3.8, 4) is 0 Å². The van der Waals surface area contributed by atoms with Crippen LogP contribution in [-0.2, 0) is 0 Å². The number of nitrogens with two attached hydrogens (primary N) is 1. The summed E-state index contributed by atoms with van der Waals surface area (Å²) >= 11 is 0. The molecular weight excluding hydrogens is 158 g/mol. The minimum absolute atomic E-state index is 0.0211. The highest BCUT2D eigenvalue weighted by Crippen LogP contribution is 2.10. The van der Waals surface area contributed by atoms with Crippen molar-refractivity contribution in [3.05, 3.63) is 4.98 Å². The summed E-state index contributed by atoms with van der Waals surface area (Å²) in [5.41, 5.74) is 5.48. The van der Waals surface area contributed by atoms with Crippen molar-refractivity contribution in [1.82, 2.24) is 0 Å². The fourth-order valence-electron chi connectivity index (χ4n) is 0.937. The first kappa shape index (κ1) is 6.60. The molecule has 0 spiro atoms. The second-order valence-electron chi connectivity index (χ2n) is 2.20. The molecule has 0 bridgehead atoms. The minimum atomic E-state index is -0.471. The smallest absolute Gasteiger partial charge is 0.384 e. The molecule has 0 aromatic heterocycles. The zero-order valence-corrected chi connectivity index (χ0v) is 5.92. The number of fused-ring (bicyclic) bond motifs is 1. The predicted octanol–water partition coefficient (Wildman–Crippen LogP) is -0.625. The molecule has 0 aromatic rings. The van der Waals surface area contributed by atoms with Crippen molar-refractivity contribution in [2.75, 3.05) is 0 Å². The van der Waals surface area contributed by atoms with Gasteiger partial charge in [-0.25, -0.2) is 9.98 Å². The Kier molecular flexibility index (Phi) is 1.21. The molecule has 0 saturated heterocycles. The Hall–Kier alpha value is -2.10. The maximum absolute atomic E-state index is 8.35. The average Bonchev–Trinajstić information content (AvgIpc) is 2.49. The van der Waals surface area contributed by atoms with Gasteiger partial charge in [0.2, 0.25) is 6.04 Å². The molecule has 7 nitrogen and oxygen atoms in total. The first-order valence-corrected chi connectivity index (χ1v) is 3.18. The van der Waals surface area contributed by atoms with Gasteiger partial charge in [-0.15, -0.1) is 0 Å². The molecule has 7 heteroatoms. The van der Waals surface area contributed by atoms with E-state index in [1.165, 1.54) is 6.34 Å². The Balaban J connectivity index is 2.44. The molecule has 2 aliphatic heterocycles. The third kappa shape index (κ3) is 0.784. The molecule has 0 aliphatic carbocycles. The molecule has 2 aliphatic rings. The summed E-state index contributed by atoms with van der Waals surface area (Å²) in [5, 5.41) is 8.35. The molecule has 0 saturated carbocycles. The Bertz CT molecular complexity index is 379. The SMILES string of the molecule is N#[N+]C1=NC2C(N)=NC=NC2=N1. The van der Waals surface area contributed by atoms with E-state index < -0.39 is 6.04 Å². The van der Waals surface area contributed by atoms with Crippen LogP contribution in [0.4, 0.5) is 0 Å². The Labute approximate surface area is 67.1 Å². The summed E-state index contributed by atoms with van der Waals surface area (Å²) < 4.78 is 0. The highest BCUT2D eigenvalue weighted by atomic mass is 15.2. The molecule has 2 N–H and O–H groups in total. The summed E-state index contributed by atoms with van der Waals surface area (Å²) in [6.07, 6.45) is 1.29. The number of diazo groups is 1. The maximum atomic E-state index is 8.35. The van der Waals surface area contributed by atoms with E-state index in [1.54, 1.807) is 0 Å². The van der Waals surface area contributed by atoms with Gasteiger partial charge in [0.25, 0.3) is 5.84 Å². The summed E-state index contributed by atoms with van der Waals surface area (Å²) in [6, 6.07) is -0.471. The van der Waals surface area contributed by atoms with Crippen molar-refractivity contribution in [2.45, 2.75) is 6.04 Å². The first-order chi connectivity index (χ1) is 5.81. The molecule has 58 valence electrons. The molecule has 0 aromatic carbocycles. The van der Waals surface area contributed by atoms with Gasteiger partial charge >= 0.3 is 5.96 Å². The van der Waals surface area contributed by atoms with Crippen molar-refractivity contribution in [2.24, 2.45) is 25.7 Å². The molecule has 1 atom stereocenters.